The van der Waals surface area contributed by atoms with Crippen LogP contribution in [-0.4, -0.2) is 24.1 Å². The van der Waals surface area contributed by atoms with Crippen LogP contribution < -0.4 is 10.6 Å². The number of nitrogens with zero attached hydrogens (tertiary/aromatic N) is 1. The molecule has 2 heterocycles. The van der Waals surface area contributed by atoms with Gasteiger partial charge in [0.25, 0.3) is 5.91 Å². The molecule has 1 aromatic carbocycles. The number of benzene rings is 1. The minimum Gasteiger partial charge on any atom is -0.453 e. The first-order valence-electron chi connectivity index (χ1n) is 6.93. The minimum absolute atomic E-state index is 0.213. The summed E-state index contributed by atoms with van der Waals surface area (Å²) in [7, 11) is 1.28. The molecule has 2 amide bonds. The highest BCUT2D eigenvalue weighted by atomic mass is 32.1. The van der Waals surface area contributed by atoms with Crippen LogP contribution >= 0.6 is 22.7 Å². The number of anilines is 2. The summed E-state index contributed by atoms with van der Waals surface area (Å²) in [4.78, 5) is 28.7. The molecular weight excluding hydrogens is 346 g/mol. The van der Waals surface area contributed by atoms with Crippen molar-refractivity contribution in [3.05, 3.63) is 52.7 Å². The van der Waals surface area contributed by atoms with E-state index in [4.69, 9.17) is 0 Å². The molecule has 122 valence electrons. The molecule has 6 nitrogen and oxygen atoms in total. The number of methoxy groups -OCH3 is 1. The molecule has 0 aliphatic rings. The van der Waals surface area contributed by atoms with Crippen molar-refractivity contribution in [3.8, 4) is 11.3 Å². The average Bonchev–Trinajstić information content (AvgIpc) is 3.25. The SMILES string of the molecule is COC(=O)Nc1nc(-c2ccccc2)c(NC(=O)c2cccs2)s1. The first kappa shape index (κ1) is 16.2. The van der Waals surface area contributed by atoms with E-state index in [1.54, 1.807) is 6.07 Å². The summed E-state index contributed by atoms with van der Waals surface area (Å²) in [5.41, 5.74) is 1.44. The number of aromatic nitrogens is 1. The Morgan fingerprint density at radius 3 is 2.54 bits per heavy atom. The lowest BCUT2D eigenvalue weighted by atomic mass is 10.2. The maximum Gasteiger partial charge on any atom is 0.413 e. The Labute approximate surface area is 146 Å². The number of rotatable bonds is 4. The van der Waals surface area contributed by atoms with E-state index in [0.29, 0.717) is 20.7 Å². The fourth-order valence-electron chi connectivity index (χ4n) is 1.96. The average molecular weight is 359 g/mol. The number of carbonyl (C=O) groups is 2. The van der Waals surface area contributed by atoms with Gasteiger partial charge in [-0.25, -0.2) is 9.78 Å². The van der Waals surface area contributed by atoms with Crippen LogP contribution in [0, 0.1) is 0 Å². The normalized spacial score (nSPS) is 10.2. The molecule has 3 rings (SSSR count). The smallest absolute Gasteiger partial charge is 0.413 e. The predicted molar refractivity (Wildman–Crippen MR) is 95.8 cm³/mol. The van der Waals surface area contributed by atoms with Crippen molar-refractivity contribution in [2.24, 2.45) is 0 Å². The Kier molecular flexibility index (Phi) is 4.88. The van der Waals surface area contributed by atoms with Crippen molar-refractivity contribution >= 4 is 44.8 Å². The summed E-state index contributed by atoms with van der Waals surface area (Å²) in [6, 6.07) is 13.0. The molecule has 0 unspecified atom stereocenters. The van der Waals surface area contributed by atoms with E-state index in [2.05, 4.69) is 20.4 Å². The van der Waals surface area contributed by atoms with Crippen molar-refractivity contribution in [1.82, 2.24) is 4.98 Å². The third kappa shape index (κ3) is 3.61. The van der Waals surface area contributed by atoms with Gasteiger partial charge in [0.1, 0.15) is 10.7 Å². The Hall–Kier alpha value is -2.71. The number of thiazole rings is 1. The van der Waals surface area contributed by atoms with Crippen molar-refractivity contribution in [2.75, 3.05) is 17.7 Å². The van der Waals surface area contributed by atoms with Gasteiger partial charge in [0, 0.05) is 5.56 Å². The number of carbonyl (C=O) groups excluding carboxylic acids is 2. The fraction of sp³-hybridized carbons (Fsp3) is 0.0625. The monoisotopic (exact) mass is 359 g/mol. The highest BCUT2D eigenvalue weighted by Crippen LogP contribution is 2.36. The van der Waals surface area contributed by atoms with E-state index in [0.717, 1.165) is 5.56 Å². The van der Waals surface area contributed by atoms with E-state index in [1.165, 1.54) is 29.8 Å². The van der Waals surface area contributed by atoms with E-state index in [1.807, 2.05) is 41.8 Å². The quantitative estimate of drug-likeness (QED) is 0.728. The van der Waals surface area contributed by atoms with Crippen LogP contribution in [0.2, 0.25) is 0 Å². The van der Waals surface area contributed by atoms with Gasteiger partial charge in [0.2, 0.25) is 0 Å². The van der Waals surface area contributed by atoms with Crippen LogP contribution in [-0.2, 0) is 4.74 Å². The van der Waals surface area contributed by atoms with Gasteiger partial charge in [0.15, 0.2) is 5.13 Å². The molecule has 0 atom stereocenters. The zero-order valence-corrected chi connectivity index (χ0v) is 14.2. The van der Waals surface area contributed by atoms with Crippen LogP contribution in [0.3, 0.4) is 0 Å². The fourth-order valence-corrected chi connectivity index (χ4v) is 3.45. The highest BCUT2D eigenvalue weighted by molar-refractivity contribution is 7.20. The van der Waals surface area contributed by atoms with Gasteiger partial charge in [-0.1, -0.05) is 47.7 Å². The molecular formula is C16H13N3O3S2. The standard InChI is InChI=1S/C16H13N3O3S2/c1-22-16(21)19-15-17-12(10-6-3-2-4-7-10)14(24-15)18-13(20)11-8-5-9-23-11/h2-9H,1H3,(H,18,20)(H,17,19,21). The zero-order valence-electron chi connectivity index (χ0n) is 12.6. The highest BCUT2D eigenvalue weighted by Gasteiger charge is 2.18. The van der Waals surface area contributed by atoms with Crippen molar-refractivity contribution in [2.45, 2.75) is 0 Å². The van der Waals surface area contributed by atoms with Crippen LogP contribution in [0.15, 0.2) is 47.8 Å². The van der Waals surface area contributed by atoms with Gasteiger partial charge in [0.05, 0.1) is 12.0 Å². The predicted octanol–water partition coefficient (Wildman–Crippen LogP) is 4.30. The summed E-state index contributed by atoms with van der Waals surface area (Å²) in [6.07, 6.45) is -0.612. The number of hydrogen-bond donors (Lipinski definition) is 2. The lowest BCUT2D eigenvalue weighted by Gasteiger charge is -2.03. The Bertz CT molecular complexity index is 845. The molecule has 0 aliphatic heterocycles. The second-order valence-electron chi connectivity index (χ2n) is 4.61. The second-order valence-corrected chi connectivity index (χ2v) is 6.56. The van der Waals surface area contributed by atoms with Crippen LogP contribution in [0.4, 0.5) is 14.9 Å². The van der Waals surface area contributed by atoms with Gasteiger partial charge in [-0.2, -0.15) is 0 Å². The summed E-state index contributed by atoms with van der Waals surface area (Å²) >= 11 is 2.53. The van der Waals surface area contributed by atoms with Gasteiger partial charge in [-0.05, 0) is 11.4 Å². The summed E-state index contributed by atoms with van der Waals surface area (Å²) < 4.78 is 4.58. The molecule has 0 fully saturated rings. The van der Waals surface area contributed by atoms with Gasteiger partial charge >= 0.3 is 6.09 Å². The zero-order chi connectivity index (χ0) is 16.9. The van der Waals surface area contributed by atoms with Crippen LogP contribution in [0.1, 0.15) is 9.67 Å². The lowest BCUT2D eigenvalue weighted by molar-refractivity contribution is 0.103. The van der Waals surface area contributed by atoms with E-state index >= 15 is 0 Å². The molecule has 0 aliphatic carbocycles. The first-order chi connectivity index (χ1) is 11.7. The number of ether oxygens (including phenoxy) is 1. The molecule has 0 radical (unpaired) electrons. The van der Waals surface area contributed by atoms with Gasteiger partial charge in [-0.3, -0.25) is 10.1 Å². The molecule has 2 aromatic heterocycles. The van der Waals surface area contributed by atoms with E-state index in [-0.39, 0.29) is 5.91 Å². The van der Waals surface area contributed by atoms with E-state index < -0.39 is 6.09 Å². The first-order valence-corrected chi connectivity index (χ1v) is 8.63. The molecule has 0 spiro atoms. The van der Waals surface area contributed by atoms with Crippen molar-refractivity contribution in [1.29, 1.82) is 0 Å². The summed E-state index contributed by atoms with van der Waals surface area (Å²) in [6.45, 7) is 0. The van der Waals surface area contributed by atoms with Crippen molar-refractivity contribution < 1.29 is 14.3 Å². The maximum absolute atomic E-state index is 12.3. The van der Waals surface area contributed by atoms with Crippen LogP contribution in [0.25, 0.3) is 11.3 Å². The molecule has 2 N–H and O–H groups in total. The van der Waals surface area contributed by atoms with Crippen molar-refractivity contribution in [3.63, 3.8) is 0 Å². The lowest BCUT2D eigenvalue weighted by Crippen LogP contribution is -2.10. The molecule has 0 saturated carbocycles. The molecule has 0 saturated heterocycles. The minimum atomic E-state index is -0.612. The maximum atomic E-state index is 12.3. The number of thiophene rings is 1. The Balaban J connectivity index is 1.93. The number of amides is 2. The Morgan fingerprint density at radius 2 is 1.88 bits per heavy atom. The second kappa shape index (κ2) is 7.24. The molecule has 8 heteroatoms. The Morgan fingerprint density at radius 1 is 1.08 bits per heavy atom. The third-order valence-electron chi connectivity index (χ3n) is 3.04. The summed E-state index contributed by atoms with van der Waals surface area (Å²) in [5, 5.41) is 8.13. The topological polar surface area (TPSA) is 80.3 Å². The number of nitrogens with one attached hydrogen (secondary N) is 2. The van der Waals surface area contributed by atoms with Gasteiger partial charge in [-0.15, -0.1) is 11.3 Å². The number of hydrogen-bond acceptors (Lipinski definition) is 6. The molecule has 3 aromatic rings. The molecule has 24 heavy (non-hydrogen) atoms. The molecule has 0 bridgehead atoms. The van der Waals surface area contributed by atoms with Gasteiger partial charge < -0.3 is 10.1 Å². The van der Waals surface area contributed by atoms with Crippen LogP contribution in [0.5, 0.6) is 0 Å². The summed E-state index contributed by atoms with van der Waals surface area (Å²) in [5.74, 6) is -0.213. The third-order valence-corrected chi connectivity index (χ3v) is 4.80. The van der Waals surface area contributed by atoms with E-state index in [9.17, 15) is 9.59 Å². The largest absolute Gasteiger partial charge is 0.453 e.